The molecule has 15 heteroatoms. The molecule has 0 aliphatic carbocycles. The molecule has 0 aromatic carbocycles. The molecule has 0 fully saturated rings. The molecule has 0 amide bonds. The molecule has 0 aromatic heterocycles. The van der Waals surface area contributed by atoms with E-state index in [-0.39, 0.29) is 19.4 Å². The average molecular weight is 853 g/mol. The fourth-order valence-corrected chi connectivity index (χ4v) is 6.93. The highest BCUT2D eigenvalue weighted by Crippen LogP contribution is 2.43. The minimum absolute atomic E-state index is 0.130. The second-order valence-electron chi connectivity index (χ2n) is 14.6. The molecule has 0 heterocycles. The minimum Gasteiger partial charge on any atom is -0.462 e. The van der Waals surface area contributed by atoms with Crippen LogP contribution in [-0.2, 0) is 41.8 Å². The largest absolute Gasteiger partial charge is 0.472 e. The van der Waals surface area contributed by atoms with Gasteiger partial charge in [0.05, 0.1) is 19.8 Å². The van der Waals surface area contributed by atoms with Crippen molar-refractivity contribution in [1.82, 2.24) is 0 Å². The summed E-state index contributed by atoms with van der Waals surface area (Å²) in [5.74, 6) is -1.05. The third-order valence-corrected chi connectivity index (χ3v) is 10.5. The van der Waals surface area contributed by atoms with E-state index in [1.165, 1.54) is 70.6 Å². The van der Waals surface area contributed by atoms with Gasteiger partial charge in [-0.2, -0.15) is 0 Å². The molecule has 0 rings (SSSR count). The number of hydrogen-bond donors (Lipinski definition) is 4. The normalized spacial score (nSPS) is 14.4. The molecule has 0 aliphatic rings. The molecule has 57 heavy (non-hydrogen) atoms. The molecule has 0 saturated heterocycles. The van der Waals surface area contributed by atoms with Crippen LogP contribution in [0, 0.1) is 0 Å². The molecule has 3 unspecified atom stereocenters. The van der Waals surface area contributed by atoms with Crippen molar-refractivity contribution in [2.45, 2.75) is 193 Å². The second-order valence-corrected chi connectivity index (χ2v) is 17.3. The van der Waals surface area contributed by atoms with E-state index in [0.717, 1.165) is 70.6 Å². The Morgan fingerprint density at radius 3 is 1.49 bits per heavy atom. The standard InChI is InChI=1S/C42H78O13P2/c1-3-5-7-9-11-13-15-17-19-21-23-25-27-29-31-33-41(44)51-37-40(38-54-57(49,50)53-36-39(43)35-52-56(46,47)48)55-42(45)34-32-30-28-26-24-22-20-18-16-14-12-10-8-6-4-2/h5,7,11,13,17,19,39-40,43H,3-4,6,8-10,12,14-16,18,20-38H2,1-2H3,(H,49,50)(H2,46,47,48). The zero-order valence-electron chi connectivity index (χ0n) is 35.2. The van der Waals surface area contributed by atoms with Crippen LogP contribution >= 0.6 is 15.6 Å². The number of aliphatic hydroxyl groups excluding tert-OH is 1. The zero-order valence-corrected chi connectivity index (χ0v) is 37.0. The lowest BCUT2D eigenvalue weighted by Crippen LogP contribution is -2.30. The molecule has 3 atom stereocenters. The SMILES string of the molecule is CCC=CCC=CCC=CCCCCCCCC(=O)OCC(COP(=O)(O)OCC(O)COP(=O)(O)O)OC(=O)CCCCCCCCCCCCCCCCC. The summed E-state index contributed by atoms with van der Waals surface area (Å²) in [7, 11) is -9.67. The van der Waals surface area contributed by atoms with Gasteiger partial charge in [0.1, 0.15) is 12.7 Å². The van der Waals surface area contributed by atoms with E-state index >= 15 is 0 Å². The number of unbranched alkanes of at least 4 members (excludes halogenated alkanes) is 19. The monoisotopic (exact) mass is 852 g/mol. The highest BCUT2D eigenvalue weighted by Gasteiger charge is 2.28. The highest BCUT2D eigenvalue weighted by molar-refractivity contribution is 7.47. The van der Waals surface area contributed by atoms with E-state index in [4.69, 9.17) is 23.8 Å². The zero-order chi connectivity index (χ0) is 42.3. The molecule has 0 aromatic rings. The molecule has 334 valence electrons. The van der Waals surface area contributed by atoms with E-state index in [9.17, 15) is 28.7 Å². The van der Waals surface area contributed by atoms with Crippen molar-refractivity contribution in [3.63, 3.8) is 0 Å². The summed E-state index contributed by atoms with van der Waals surface area (Å²) in [6.45, 7) is 1.64. The van der Waals surface area contributed by atoms with Crippen LogP contribution in [-0.4, -0.2) is 70.4 Å². The maximum Gasteiger partial charge on any atom is 0.472 e. The van der Waals surface area contributed by atoms with E-state index in [1.807, 2.05) is 0 Å². The molecule has 4 N–H and O–H groups in total. The summed E-state index contributed by atoms with van der Waals surface area (Å²) >= 11 is 0. The van der Waals surface area contributed by atoms with Crippen molar-refractivity contribution in [3.05, 3.63) is 36.5 Å². The number of phosphoric ester groups is 2. The van der Waals surface area contributed by atoms with E-state index in [0.29, 0.717) is 12.8 Å². The molecule has 0 saturated carbocycles. The van der Waals surface area contributed by atoms with Gasteiger partial charge >= 0.3 is 27.6 Å². The summed E-state index contributed by atoms with van der Waals surface area (Å²) in [4.78, 5) is 52.7. The first kappa shape index (κ1) is 55.3. The minimum atomic E-state index is -4.86. The number of phosphoric acid groups is 2. The lowest BCUT2D eigenvalue weighted by Gasteiger charge is -2.20. The van der Waals surface area contributed by atoms with Gasteiger partial charge in [-0.05, 0) is 44.9 Å². The number of rotatable bonds is 41. The van der Waals surface area contributed by atoms with Gasteiger partial charge < -0.3 is 29.3 Å². The average Bonchev–Trinajstić information content (AvgIpc) is 3.17. The number of esters is 2. The first-order valence-electron chi connectivity index (χ1n) is 21.7. The molecule has 0 aliphatic heterocycles. The fraction of sp³-hybridized carbons (Fsp3) is 0.810. The smallest absolute Gasteiger partial charge is 0.462 e. The quantitative estimate of drug-likeness (QED) is 0.0196. The van der Waals surface area contributed by atoms with E-state index in [2.05, 4.69) is 59.4 Å². The van der Waals surface area contributed by atoms with Crippen LogP contribution in [0.2, 0.25) is 0 Å². The van der Waals surface area contributed by atoms with E-state index in [1.54, 1.807) is 0 Å². The van der Waals surface area contributed by atoms with Crippen LogP contribution in [0.25, 0.3) is 0 Å². The lowest BCUT2D eigenvalue weighted by atomic mass is 10.0. The first-order valence-corrected chi connectivity index (χ1v) is 24.7. The summed E-state index contributed by atoms with van der Waals surface area (Å²) in [6.07, 6.45) is 37.0. The molecular weight excluding hydrogens is 774 g/mol. The fourth-order valence-electron chi connectivity index (χ4n) is 5.77. The molecule has 0 bridgehead atoms. The van der Waals surface area contributed by atoms with Crippen molar-refractivity contribution in [3.8, 4) is 0 Å². The van der Waals surface area contributed by atoms with Gasteiger partial charge in [-0.15, -0.1) is 0 Å². The Morgan fingerprint density at radius 2 is 0.965 bits per heavy atom. The third-order valence-electron chi connectivity index (χ3n) is 9.03. The number of hydrogen-bond acceptors (Lipinski definition) is 10. The van der Waals surface area contributed by atoms with Gasteiger partial charge in [0.2, 0.25) is 0 Å². The van der Waals surface area contributed by atoms with Gasteiger partial charge in [-0.3, -0.25) is 23.2 Å². The highest BCUT2D eigenvalue weighted by atomic mass is 31.2. The van der Waals surface area contributed by atoms with E-state index < -0.39 is 59.6 Å². The Hall–Kier alpha value is -1.66. The van der Waals surface area contributed by atoms with Gasteiger partial charge in [0, 0.05) is 12.8 Å². The number of carbonyl (C=O) groups excluding carboxylic acids is 2. The molecular formula is C42H78O13P2. The Kier molecular flexibility index (Phi) is 37.4. The van der Waals surface area contributed by atoms with Crippen LogP contribution in [0.15, 0.2) is 36.5 Å². The second kappa shape index (κ2) is 38.5. The number of aliphatic hydroxyl groups is 1. The first-order chi connectivity index (χ1) is 27.4. The molecule has 13 nitrogen and oxygen atoms in total. The van der Waals surface area contributed by atoms with Gasteiger partial charge in [-0.1, -0.05) is 159 Å². The predicted octanol–water partition coefficient (Wildman–Crippen LogP) is 10.9. The Morgan fingerprint density at radius 1 is 0.526 bits per heavy atom. The topological polar surface area (TPSA) is 195 Å². The predicted molar refractivity (Wildman–Crippen MR) is 225 cm³/mol. The van der Waals surface area contributed by atoms with Crippen LogP contribution in [0.3, 0.4) is 0 Å². The maximum absolute atomic E-state index is 12.7. The Labute approximate surface area is 344 Å². The van der Waals surface area contributed by atoms with Crippen molar-refractivity contribution >= 4 is 27.6 Å². The van der Waals surface area contributed by atoms with Crippen LogP contribution in [0.1, 0.15) is 181 Å². The summed E-state index contributed by atoms with van der Waals surface area (Å²) < 4.78 is 47.7. The van der Waals surface area contributed by atoms with Crippen molar-refractivity contribution in [2.75, 3.05) is 26.4 Å². The van der Waals surface area contributed by atoms with Crippen molar-refractivity contribution in [2.24, 2.45) is 0 Å². The third kappa shape index (κ3) is 42.3. The van der Waals surface area contributed by atoms with Crippen molar-refractivity contribution in [1.29, 1.82) is 0 Å². The Balaban J connectivity index is 4.53. The Bertz CT molecular complexity index is 1150. The number of allylic oxidation sites excluding steroid dienone is 6. The lowest BCUT2D eigenvalue weighted by molar-refractivity contribution is -0.161. The number of carbonyl (C=O) groups is 2. The summed E-state index contributed by atoms with van der Waals surface area (Å²) in [5.41, 5.74) is 0. The van der Waals surface area contributed by atoms with Crippen LogP contribution in [0.4, 0.5) is 0 Å². The van der Waals surface area contributed by atoms with Crippen molar-refractivity contribution < 1.29 is 61.6 Å². The van der Waals surface area contributed by atoms with Gasteiger partial charge in [-0.25, -0.2) is 9.13 Å². The van der Waals surface area contributed by atoms with Crippen LogP contribution < -0.4 is 0 Å². The summed E-state index contributed by atoms with van der Waals surface area (Å²) in [6, 6.07) is 0. The van der Waals surface area contributed by atoms with Gasteiger partial charge in [0.15, 0.2) is 6.10 Å². The maximum atomic E-state index is 12.7. The van der Waals surface area contributed by atoms with Crippen LogP contribution in [0.5, 0.6) is 0 Å². The summed E-state index contributed by atoms with van der Waals surface area (Å²) in [5, 5.41) is 9.74. The molecule has 0 spiro atoms. The molecule has 0 radical (unpaired) electrons. The number of ether oxygens (including phenoxy) is 2. The van der Waals surface area contributed by atoms with Gasteiger partial charge in [0.25, 0.3) is 0 Å².